The molecule has 2 aliphatic rings. The molecule has 4 heterocycles. The fourth-order valence-corrected chi connectivity index (χ4v) is 5.47. The molecule has 6 nitrogen and oxygen atoms in total. The number of benzene rings is 2. The number of H-pyrrole nitrogens is 1. The minimum atomic E-state index is -0.564. The second kappa shape index (κ2) is 6.91. The van der Waals surface area contributed by atoms with Gasteiger partial charge in [0.1, 0.15) is 0 Å². The Kier molecular flexibility index (Phi) is 3.83. The maximum absolute atomic E-state index is 4.63. The molecule has 0 amide bonds. The van der Waals surface area contributed by atoms with Crippen LogP contribution >= 0.6 is 0 Å². The third kappa shape index (κ3) is 2.37. The Hall–Kier alpha value is -4.67. The molecule has 34 heavy (non-hydrogen) atoms. The zero-order valence-electron chi connectivity index (χ0n) is 18.5. The van der Waals surface area contributed by atoms with Crippen LogP contribution in [0.25, 0.3) is 11.1 Å². The summed E-state index contributed by atoms with van der Waals surface area (Å²) in [6.07, 6.45) is 7.48. The first kappa shape index (κ1) is 18.9. The largest absolute Gasteiger partial charge is 0.497 e. The van der Waals surface area contributed by atoms with Gasteiger partial charge in [-0.15, -0.1) is 0 Å². The summed E-state index contributed by atoms with van der Waals surface area (Å²) in [6, 6.07) is 28.8. The van der Waals surface area contributed by atoms with Gasteiger partial charge in [0.05, 0.1) is 11.1 Å². The molecule has 0 saturated carbocycles. The minimum absolute atomic E-state index is 0.564. The quantitative estimate of drug-likeness (QED) is 0.400. The number of pyridine rings is 2. The van der Waals surface area contributed by atoms with Crippen LogP contribution in [0.15, 0.2) is 97.6 Å². The molecule has 0 fully saturated rings. The second-order valence-corrected chi connectivity index (χ2v) is 8.58. The smallest absolute Gasteiger partial charge is 0.281 e. The normalized spacial score (nSPS) is 17.6. The predicted octanol–water partition coefficient (Wildman–Crippen LogP) is 4.86. The van der Waals surface area contributed by atoms with Crippen molar-refractivity contribution in [2.45, 2.75) is 5.41 Å². The molecule has 6 heteroatoms. The molecule has 1 N–H and O–H groups in total. The van der Waals surface area contributed by atoms with E-state index in [0.717, 1.165) is 34.0 Å². The van der Waals surface area contributed by atoms with E-state index < -0.39 is 5.41 Å². The predicted molar refractivity (Wildman–Crippen MR) is 130 cm³/mol. The highest BCUT2D eigenvalue weighted by Gasteiger charge is 2.48. The van der Waals surface area contributed by atoms with Crippen molar-refractivity contribution >= 4 is 23.2 Å². The molecule has 1 atom stereocenters. The summed E-state index contributed by atoms with van der Waals surface area (Å²) in [5.74, 6) is 0.867. The van der Waals surface area contributed by atoms with Gasteiger partial charge in [-0.25, -0.2) is 0 Å². The Morgan fingerprint density at radius 3 is 2.68 bits per heavy atom. The molecule has 2 aromatic carbocycles. The summed E-state index contributed by atoms with van der Waals surface area (Å²) in [4.78, 5) is 9.17. The van der Waals surface area contributed by atoms with Gasteiger partial charge >= 0.3 is 17.5 Å². The lowest BCUT2D eigenvalue weighted by Gasteiger charge is -2.31. The van der Waals surface area contributed by atoms with Crippen molar-refractivity contribution in [2.75, 3.05) is 7.05 Å². The monoisotopic (exact) mass is 440 g/mol. The van der Waals surface area contributed by atoms with Gasteiger partial charge in [0.25, 0.3) is 0 Å². The summed E-state index contributed by atoms with van der Waals surface area (Å²) in [7, 11) is 1.99. The lowest BCUT2D eigenvalue weighted by Crippen LogP contribution is -2.29. The van der Waals surface area contributed by atoms with E-state index in [9.17, 15) is 0 Å². The van der Waals surface area contributed by atoms with Crippen LogP contribution in [0.4, 0.5) is 17.2 Å². The fraction of sp³-hybridized carbons (Fsp3) is 0.0714. The molecule has 0 bridgehead atoms. The van der Waals surface area contributed by atoms with E-state index in [1.165, 1.54) is 16.7 Å². The third-order valence-electron chi connectivity index (χ3n) is 6.88. The van der Waals surface area contributed by atoms with Gasteiger partial charge in [0.2, 0.25) is 5.69 Å². The maximum Gasteiger partial charge on any atom is 0.497 e. The van der Waals surface area contributed by atoms with Crippen molar-refractivity contribution in [3.05, 3.63) is 120 Å². The summed E-state index contributed by atoms with van der Waals surface area (Å²) < 4.78 is 3.99. The third-order valence-corrected chi connectivity index (χ3v) is 6.88. The van der Waals surface area contributed by atoms with Crippen molar-refractivity contribution in [2.24, 2.45) is 0 Å². The average Bonchev–Trinajstić information content (AvgIpc) is 3.61. The van der Waals surface area contributed by atoms with Crippen molar-refractivity contribution in [1.82, 2.24) is 24.7 Å². The Labute approximate surface area is 196 Å². The second-order valence-electron chi connectivity index (χ2n) is 8.58. The van der Waals surface area contributed by atoms with Crippen molar-refractivity contribution in [3.8, 4) is 11.1 Å². The van der Waals surface area contributed by atoms with Gasteiger partial charge in [-0.1, -0.05) is 41.0 Å². The zero-order valence-corrected chi connectivity index (χ0v) is 18.5. The first-order chi connectivity index (χ1) is 16.8. The summed E-state index contributed by atoms with van der Waals surface area (Å²) in [5.41, 5.74) is 8.35. The molecule has 160 valence electrons. The number of aromatic nitrogens is 4. The Bertz CT molecular complexity index is 1610. The molecule has 5 aromatic rings. The van der Waals surface area contributed by atoms with E-state index in [2.05, 4.69) is 92.9 Å². The highest BCUT2D eigenvalue weighted by Crippen LogP contribution is 2.55. The van der Waals surface area contributed by atoms with Crippen LogP contribution in [-0.4, -0.2) is 37.8 Å². The Balaban J connectivity index is 1.54. The summed E-state index contributed by atoms with van der Waals surface area (Å²) >= 11 is 0. The Morgan fingerprint density at radius 2 is 1.76 bits per heavy atom. The number of fused-ring (bicyclic) bond motifs is 4. The number of hydrogen-bond acceptors (Lipinski definition) is 3. The minimum Gasteiger partial charge on any atom is -0.281 e. The van der Waals surface area contributed by atoms with Crippen LogP contribution in [0.3, 0.4) is 0 Å². The van der Waals surface area contributed by atoms with E-state index in [1.54, 1.807) is 0 Å². The average molecular weight is 441 g/mol. The number of aromatic amines is 1. The molecule has 1 unspecified atom stereocenters. The summed E-state index contributed by atoms with van der Waals surface area (Å²) in [5, 5.41) is 7.62. The van der Waals surface area contributed by atoms with Gasteiger partial charge in [0.15, 0.2) is 7.05 Å². The van der Waals surface area contributed by atoms with E-state index in [-0.39, 0.29) is 0 Å². The van der Waals surface area contributed by atoms with Gasteiger partial charge in [-0.2, -0.15) is 10.1 Å². The zero-order chi connectivity index (χ0) is 22.7. The first-order valence-corrected chi connectivity index (χ1v) is 11.2. The van der Waals surface area contributed by atoms with Crippen LogP contribution in [0, 0.1) is 0 Å². The lowest BCUT2D eigenvalue weighted by molar-refractivity contribution is -0.394. The van der Waals surface area contributed by atoms with Crippen LogP contribution in [0.2, 0.25) is 0 Å². The van der Waals surface area contributed by atoms with E-state index >= 15 is 0 Å². The molecule has 0 saturated heterocycles. The molecule has 1 aliphatic heterocycles. The number of nitrogens with zero attached hydrogens (tertiary/aromatic N) is 5. The van der Waals surface area contributed by atoms with E-state index in [4.69, 9.17) is 0 Å². The molecular weight excluding hydrogens is 420 g/mol. The van der Waals surface area contributed by atoms with Crippen LogP contribution in [0.5, 0.6) is 0 Å². The van der Waals surface area contributed by atoms with Crippen LogP contribution < -0.4 is 4.58 Å². The van der Waals surface area contributed by atoms with E-state index in [0.29, 0.717) is 0 Å². The number of rotatable bonds is 3. The maximum atomic E-state index is 4.63. The van der Waals surface area contributed by atoms with Crippen LogP contribution in [-0.2, 0) is 5.41 Å². The molecule has 1 aliphatic carbocycles. The molecule has 0 spiro atoms. The molecule has 7 rings (SSSR count). The highest BCUT2D eigenvalue weighted by molar-refractivity contribution is 5.85. The SMILES string of the molecule is C[N+]1=C=[N+](c2cccc(C3(c4ccn[nH]4)c4ccccc4-c4ccncc43)c2)c2ncccc21. The summed E-state index contributed by atoms with van der Waals surface area (Å²) in [6.45, 7) is 0. The first-order valence-electron chi connectivity index (χ1n) is 11.2. The molecular formula is C28H20N6+2. The number of nitrogens with one attached hydrogen (secondary N) is 1. The van der Waals surface area contributed by atoms with Gasteiger partial charge < -0.3 is 0 Å². The Morgan fingerprint density at radius 1 is 0.853 bits per heavy atom. The number of hydrogen-bond donors (Lipinski definition) is 1. The van der Waals surface area contributed by atoms with Crippen LogP contribution in [0.1, 0.15) is 22.4 Å². The highest BCUT2D eigenvalue weighted by atomic mass is 15.2. The standard InChI is InChI=1S/C28H20N6/c1-33-18-34(27-25(33)10-5-13-30-27)20-7-4-6-19(16-20)28(26-12-15-31-32-26)23-9-3-2-8-21(23)22-11-14-29-17-24(22)28/h2-17H,1H3,(H,31,32)/q+2. The van der Waals surface area contributed by atoms with Gasteiger partial charge in [-0.3, -0.25) is 10.1 Å². The topological polar surface area (TPSA) is 60.5 Å². The fourth-order valence-electron chi connectivity index (χ4n) is 5.47. The van der Waals surface area contributed by atoms with Crippen molar-refractivity contribution in [1.29, 1.82) is 0 Å². The van der Waals surface area contributed by atoms with E-state index in [1.807, 2.05) is 47.1 Å². The van der Waals surface area contributed by atoms with Crippen molar-refractivity contribution < 1.29 is 4.58 Å². The molecule has 3 aromatic heterocycles. The lowest BCUT2D eigenvalue weighted by atomic mass is 9.70. The molecule has 0 radical (unpaired) electrons. The van der Waals surface area contributed by atoms with Gasteiger partial charge in [0, 0.05) is 43.0 Å². The van der Waals surface area contributed by atoms with Crippen molar-refractivity contribution in [3.63, 3.8) is 0 Å². The van der Waals surface area contributed by atoms with Gasteiger partial charge in [-0.05, 0) is 50.6 Å².